The van der Waals surface area contributed by atoms with Crippen molar-refractivity contribution >= 4 is 16.8 Å². The Bertz CT molecular complexity index is 908. The SMILES string of the molecule is COc1cccc2c1cc(C(=O)NCCCn1nc(C)cc1C)n2C. The number of rotatable bonds is 6. The van der Waals surface area contributed by atoms with Gasteiger partial charge in [-0.25, -0.2) is 0 Å². The third-order valence-corrected chi connectivity index (χ3v) is 4.44. The van der Waals surface area contributed by atoms with Crippen molar-refractivity contribution in [2.45, 2.75) is 26.8 Å². The van der Waals surface area contributed by atoms with E-state index in [-0.39, 0.29) is 5.91 Å². The molecule has 0 fully saturated rings. The summed E-state index contributed by atoms with van der Waals surface area (Å²) >= 11 is 0. The second kappa shape index (κ2) is 7.01. The van der Waals surface area contributed by atoms with Crippen molar-refractivity contribution in [3.05, 3.63) is 47.4 Å². The van der Waals surface area contributed by atoms with Crippen LogP contribution in [0.3, 0.4) is 0 Å². The highest BCUT2D eigenvalue weighted by molar-refractivity contribution is 6.00. The maximum absolute atomic E-state index is 12.5. The average Bonchev–Trinajstić information content (AvgIpc) is 3.10. The fourth-order valence-electron chi connectivity index (χ4n) is 3.15. The van der Waals surface area contributed by atoms with Crippen LogP contribution in [0, 0.1) is 13.8 Å². The van der Waals surface area contributed by atoms with Crippen molar-refractivity contribution in [3.8, 4) is 5.75 Å². The van der Waals surface area contributed by atoms with E-state index in [1.54, 1.807) is 7.11 Å². The monoisotopic (exact) mass is 340 g/mol. The highest BCUT2D eigenvalue weighted by Gasteiger charge is 2.15. The van der Waals surface area contributed by atoms with E-state index in [1.807, 2.05) is 54.4 Å². The van der Waals surface area contributed by atoms with Crippen molar-refractivity contribution in [1.29, 1.82) is 0 Å². The zero-order valence-electron chi connectivity index (χ0n) is 15.2. The number of aryl methyl sites for hydroxylation is 4. The summed E-state index contributed by atoms with van der Waals surface area (Å²) in [5, 5.41) is 8.37. The van der Waals surface area contributed by atoms with Gasteiger partial charge in [0, 0.05) is 31.2 Å². The molecule has 2 heterocycles. The highest BCUT2D eigenvalue weighted by Crippen LogP contribution is 2.27. The molecule has 0 saturated heterocycles. The molecule has 3 rings (SSSR count). The maximum atomic E-state index is 12.5. The van der Waals surface area contributed by atoms with Gasteiger partial charge in [-0.15, -0.1) is 0 Å². The smallest absolute Gasteiger partial charge is 0.267 e. The molecule has 1 N–H and O–H groups in total. The van der Waals surface area contributed by atoms with E-state index in [9.17, 15) is 4.79 Å². The first-order valence-electron chi connectivity index (χ1n) is 8.43. The van der Waals surface area contributed by atoms with Gasteiger partial charge in [-0.2, -0.15) is 5.10 Å². The van der Waals surface area contributed by atoms with Gasteiger partial charge in [0.2, 0.25) is 0 Å². The van der Waals surface area contributed by atoms with Crippen LogP contribution in [0.2, 0.25) is 0 Å². The summed E-state index contributed by atoms with van der Waals surface area (Å²) in [5.74, 6) is 0.700. The molecule has 0 aliphatic carbocycles. The van der Waals surface area contributed by atoms with Gasteiger partial charge in [-0.1, -0.05) is 6.07 Å². The van der Waals surface area contributed by atoms with Crippen LogP contribution < -0.4 is 10.1 Å². The van der Waals surface area contributed by atoms with Crippen molar-refractivity contribution < 1.29 is 9.53 Å². The number of carbonyl (C=O) groups excluding carboxylic acids is 1. The normalized spacial score (nSPS) is 11.0. The first-order chi connectivity index (χ1) is 12.0. The van der Waals surface area contributed by atoms with Crippen molar-refractivity contribution in [1.82, 2.24) is 19.7 Å². The third kappa shape index (κ3) is 3.38. The number of carbonyl (C=O) groups is 1. The molecule has 2 aromatic heterocycles. The molecule has 3 aromatic rings. The standard InChI is InChI=1S/C19H24N4O2/c1-13-11-14(2)23(21-13)10-6-9-20-19(24)17-12-15-16(22(17)3)7-5-8-18(15)25-4/h5,7-8,11-12H,6,9-10H2,1-4H3,(H,20,24). The van der Waals surface area contributed by atoms with Crippen LogP contribution in [0.4, 0.5) is 0 Å². The second-order valence-electron chi connectivity index (χ2n) is 6.24. The number of fused-ring (bicyclic) bond motifs is 1. The van der Waals surface area contributed by atoms with E-state index >= 15 is 0 Å². The lowest BCUT2D eigenvalue weighted by atomic mass is 10.2. The van der Waals surface area contributed by atoms with Crippen LogP contribution in [0.1, 0.15) is 28.3 Å². The molecule has 0 saturated carbocycles. The minimum absolute atomic E-state index is 0.0749. The molecule has 0 spiro atoms. The van der Waals surface area contributed by atoms with Gasteiger partial charge in [0.25, 0.3) is 5.91 Å². The van der Waals surface area contributed by atoms with Crippen LogP contribution in [-0.2, 0) is 13.6 Å². The van der Waals surface area contributed by atoms with Crippen molar-refractivity contribution in [2.24, 2.45) is 7.05 Å². The Morgan fingerprint density at radius 1 is 1.28 bits per heavy atom. The van der Waals surface area contributed by atoms with E-state index in [0.717, 1.165) is 41.0 Å². The maximum Gasteiger partial charge on any atom is 0.267 e. The van der Waals surface area contributed by atoms with Crippen LogP contribution >= 0.6 is 0 Å². The van der Waals surface area contributed by atoms with Crippen LogP contribution in [-0.4, -0.2) is 33.9 Å². The fraction of sp³-hybridized carbons (Fsp3) is 0.368. The van der Waals surface area contributed by atoms with Gasteiger partial charge >= 0.3 is 0 Å². The number of amides is 1. The van der Waals surface area contributed by atoms with Crippen molar-refractivity contribution in [3.63, 3.8) is 0 Å². The topological polar surface area (TPSA) is 61.1 Å². The number of ether oxygens (including phenoxy) is 1. The number of methoxy groups -OCH3 is 1. The molecule has 0 aliphatic heterocycles. The van der Waals surface area contributed by atoms with Gasteiger partial charge in [0.05, 0.1) is 18.3 Å². The van der Waals surface area contributed by atoms with E-state index in [0.29, 0.717) is 12.2 Å². The molecule has 0 unspecified atom stereocenters. The Morgan fingerprint density at radius 2 is 2.08 bits per heavy atom. The largest absolute Gasteiger partial charge is 0.496 e. The molecule has 0 atom stereocenters. The molecule has 25 heavy (non-hydrogen) atoms. The van der Waals surface area contributed by atoms with E-state index in [1.165, 1.54) is 0 Å². The molecule has 0 aliphatic rings. The molecular weight excluding hydrogens is 316 g/mol. The van der Waals surface area contributed by atoms with Crippen LogP contribution in [0.15, 0.2) is 30.3 Å². The van der Waals surface area contributed by atoms with Gasteiger partial charge in [-0.05, 0) is 44.5 Å². The zero-order chi connectivity index (χ0) is 18.0. The predicted molar refractivity (Wildman–Crippen MR) is 98.1 cm³/mol. The lowest BCUT2D eigenvalue weighted by Crippen LogP contribution is -2.27. The lowest BCUT2D eigenvalue weighted by molar-refractivity contribution is 0.0945. The molecule has 1 amide bonds. The fourth-order valence-corrected chi connectivity index (χ4v) is 3.15. The minimum atomic E-state index is -0.0749. The number of nitrogens with one attached hydrogen (secondary N) is 1. The molecule has 0 bridgehead atoms. The van der Waals surface area contributed by atoms with Gasteiger partial charge < -0.3 is 14.6 Å². The number of hydrogen-bond donors (Lipinski definition) is 1. The van der Waals surface area contributed by atoms with Gasteiger partial charge in [0.15, 0.2) is 0 Å². The Kier molecular flexibility index (Phi) is 4.79. The van der Waals surface area contributed by atoms with E-state index < -0.39 is 0 Å². The van der Waals surface area contributed by atoms with Crippen LogP contribution in [0.5, 0.6) is 5.75 Å². The lowest BCUT2D eigenvalue weighted by Gasteiger charge is -2.07. The first kappa shape index (κ1) is 17.1. The summed E-state index contributed by atoms with van der Waals surface area (Å²) in [7, 11) is 3.53. The summed E-state index contributed by atoms with van der Waals surface area (Å²) in [4.78, 5) is 12.5. The van der Waals surface area contributed by atoms with Gasteiger partial charge in [0.1, 0.15) is 11.4 Å². The number of hydrogen-bond acceptors (Lipinski definition) is 3. The molecule has 132 valence electrons. The molecule has 6 nitrogen and oxygen atoms in total. The first-order valence-corrected chi connectivity index (χ1v) is 8.43. The number of nitrogens with zero attached hydrogens (tertiary/aromatic N) is 3. The summed E-state index contributed by atoms with van der Waals surface area (Å²) in [6, 6.07) is 9.75. The summed E-state index contributed by atoms with van der Waals surface area (Å²) in [6.45, 7) is 5.43. The zero-order valence-corrected chi connectivity index (χ0v) is 15.2. The van der Waals surface area contributed by atoms with Crippen LogP contribution in [0.25, 0.3) is 10.9 Å². The Balaban J connectivity index is 1.64. The average molecular weight is 340 g/mol. The van der Waals surface area contributed by atoms with E-state index in [2.05, 4.69) is 16.5 Å². The summed E-state index contributed by atoms with van der Waals surface area (Å²) in [5.41, 5.74) is 3.77. The summed E-state index contributed by atoms with van der Waals surface area (Å²) in [6.07, 6.45) is 0.834. The quantitative estimate of drug-likeness (QED) is 0.702. The van der Waals surface area contributed by atoms with Crippen molar-refractivity contribution in [2.75, 3.05) is 13.7 Å². The summed E-state index contributed by atoms with van der Waals surface area (Å²) < 4.78 is 9.25. The number of benzene rings is 1. The predicted octanol–water partition coefficient (Wildman–Crippen LogP) is 2.82. The van der Waals surface area contributed by atoms with E-state index in [4.69, 9.17) is 4.74 Å². The Morgan fingerprint density at radius 3 is 2.76 bits per heavy atom. The Hall–Kier alpha value is -2.76. The molecule has 6 heteroatoms. The molecule has 1 aromatic carbocycles. The Labute approximate surface area is 147 Å². The highest BCUT2D eigenvalue weighted by atomic mass is 16.5. The third-order valence-electron chi connectivity index (χ3n) is 4.44. The second-order valence-corrected chi connectivity index (χ2v) is 6.24. The number of aromatic nitrogens is 3. The minimum Gasteiger partial charge on any atom is -0.496 e. The van der Waals surface area contributed by atoms with Gasteiger partial charge in [-0.3, -0.25) is 9.48 Å². The molecule has 0 radical (unpaired) electrons. The molecular formula is C19H24N4O2.